The number of pyridine rings is 1. The molecule has 0 fully saturated rings. The van der Waals surface area contributed by atoms with Crippen molar-refractivity contribution in [2.45, 2.75) is 6.43 Å². The first-order chi connectivity index (χ1) is 5.52. The Hall–Kier alpha value is -0.170. The third-order valence-corrected chi connectivity index (χ3v) is 2.00. The topological polar surface area (TPSA) is 33.1 Å². The smallest absolute Gasteiger partial charge is 0.267 e. The lowest BCUT2D eigenvalue weighted by Gasteiger charge is -2.04. The lowest BCUT2D eigenvalue weighted by Crippen LogP contribution is -1.91. The molecule has 1 aromatic heterocycles. The minimum absolute atomic E-state index is 0.294. The lowest BCUT2D eigenvalue weighted by atomic mass is 10.2. The molecule has 0 bridgehead atoms. The first-order valence-electron chi connectivity index (χ1n) is 2.85. The highest BCUT2D eigenvalue weighted by molar-refractivity contribution is 14.1. The van der Waals surface area contributed by atoms with Crippen molar-refractivity contribution in [3.8, 4) is 5.75 Å². The molecule has 0 saturated carbocycles. The quantitative estimate of drug-likeness (QED) is 0.639. The standard InChI is InChI=1S/C6H3ClF2INO/c7-5-4(12)2(6(8)9)1-3(10)11-5/h1,6,12H. The summed E-state index contributed by atoms with van der Waals surface area (Å²) in [6.07, 6.45) is -2.74. The van der Waals surface area contributed by atoms with Gasteiger partial charge in [-0.25, -0.2) is 13.8 Å². The fraction of sp³-hybridized carbons (Fsp3) is 0.167. The minimum Gasteiger partial charge on any atom is -0.504 e. The maximum absolute atomic E-state index is 12.1. The molecule has 66 valence electrons. The molecular formula is C6H3ClF2INO. The number of rotatable bonds is 1. The molecule has 1 rings (SSSR count). The van der Waals surface area contributed by atoms with Crippen molar-refractivity contribution < 1.29 is 13.9 Å². The van der Waals surface area contributed by atoms with Crippen LogP contribution in [0, 0.1) is 3.70 Å². The van der Waals surface area contributed by atoms with E-state index in [1.165, 1.54) is 0 Å². The highest BCUT2D eigenvalue weighted by Gasteiger charge is 2.16. The van der Waals surface area contributed by atoms with Crippen molar-refractivity contribution in [2.75, 3.05) is 0 Å². The van der Waals surface area contributed by atoms with Gasteiger partial charge in [0, 0.05) is 0 Å². The number of aromatic hydroxyl groups is 1. The van der Waals surface area contributed by atoms with Crippen LogP contribution in [0.15, 0.2) is 6.07 Å². The second-order valence-corrected chi connectivity index (χ2v) is 3.44. The third kappa shape index (κ3) is 1.95. The SMILES string of the molecule is Oc1c(C(F)F)cc(I)nc1Cl. The predicted octanol–water partition coefficient (Wildman–Crippen LogP) is 2.98. The van der Waals surface area contributed by atoms with Gasteiger partial charge in [0.25, 0.3) is 6.43 Å². The van der Waals surface area contributed by atoms with Crippen LogP contribution in [0.1, 0.15) is 12.0 Å². The maximum Gasteiger partial charge on any atom is 0.267 e. The number of alkyl halides is 2. The zero-order chi connectivity index (χ0) is 9.30. The number of nitrogens with zero attached hydrogens (tertiary/aromatic N) is 1. The fourth-order valence-corrected chi connectivity index (χ4v) is 1.58. The van der Waals surface area contributed by atoms with Gasteiger partial charge in [-0.1, -0.05) is 11.6 Å². The van der Waals surface area contributed by atoms with Crippen LogP contribution in [0.3, 0.4) is 0 Å². The minimum atomic E-state index is -2.74. The van der Waals surface area contributed by atoms with Gasteiger partial charge in [0.15, 0.2) is 10.9 Å². The lowest BCUT2D eigenvalue weighted by molar-refractivity contribution is 0.147. The van der Waals surface area contributed by atoms with Crippen LogP contribution < -0.4 is 0 Å². The van der Waals surface area contributed by atoms with Crippen LogP contribution >= 0.6 is 34.2 Å². The van der Waals surface area contributed by atoms with E-state index in [1.54, 1.807) is 22.6 Å². The predicted molar refractivity (Wildman–Crippen MR) is 48.6 cm³/mol. The first kappa shape index (κ1) is 9.91. The van der Waals surface area contributed by atoms with Gasteiger partial charge in [0.1, 0.15) is 3.70 Å². The van der Waals surface area contributed by atoms with E-state index in [-0.39, 0.29) is 5.15 Å². The summed E-state index contributed by atoms with van der Waals surface area (Å²) in [7, 11) is 0. The van der Waals surface area contributed by atoms with E-state index in [4.69, 9.17) is 16.7 Å². The molecule has 0 amide bonds. The number of hydrogen-bond acceptors (Lipinski definition) is 2. The molecule has 1 N–H and O–H groups in total. The van der Waals surface area contributed by atoms with Crippen LogP contribution in [0.2, 0.25) is 5.15 Å². The molecule has 2 nitrogen and oxygen atoms in total. The Labute approximate surface area is 85.7 Å². The van der Waals surface area contributed by atoms with E-state index in [2.05, 4.69) is 4.98 Å². The highest BCUT2D eigenvalue weighted by atomic mass is 127. The molecular weight excluding hydrogens is 302 g/mol. The van der Waals surface area contributed by atoms with Crippen molar-refractivity contribution in [3.63, 3.8) is 0 Å². The zero-order valence-electron chi connectivity index (χ0n) is 5.56. The molecule has 12 heavy (non-hydrogen) atoms. The van der Waals surface area contributed by atoms with Gasteiger partial charge in [0.2, 0.25) is 0 Å². The van der Waals surface area contributed by atoms with Gasteiger partial charge >= 0.3 is 0 Å². The molecule has 6 heteroatoms. The van der Waals surface area contributed by atoms with E-state index in [1.807, 2.05) is 0 Å². The zero-order valence-corrected chi connectivity index (χ0v) is 8.47. The van der Waals surface area contributed by atoms with E-state index in [0.717, 1.165) is 6.07 Å². The number of halogens is 4. The first-order valence-corrected chi connectivity index (χ1v) is 4.31. The van der Waals surface area contributed by atoms with Gasteiger partial charge in [-0.05, 0) is 28.7 Å². The van der Waals surface area contributed by atoms with E-state index >= 15 is 0 Å². The van der Waals surface area contributed by atoms with Crippen LogP contribution in [0.25, 0.3) is 0 Å². The van der Waals surface area contributed by atoms with Crippen LogP contribution in [0.4, 0.5) is 8.78 Å². The Morgan fingerprint density at radius 2 is 2.17 bits per heavy atom. The molecule has 0 aliphatic carbocycles. The highest BCUT2D eigenvalue weighted by Crippen LogP contribution is 2.33. The van der Waals surface area contributed by atoms with Gasteiger partial charge in [-0.15, -0.1) is 0 Å². The summed E-state index contributed by atoms with van der Waals surface area (Å²) >= 11 is 7.11. The van der Waals surface area contributed by atoms with Gasteiger partial charge in [0.05, 0.1) is 5.56 Å². The van der Waals surface area contributed by atoms with Crippen molar-refractivity contribution >= 4 is 34.2 Å². The second kappa shape index (κ2) is 3.69. The summed E-state index contributed by atoms with van der Waals surface area (Å²) in [4.78, 5) is 3.58. The average Bonchev–Trinajstić information content (AvgIpc) is 1.96. The molecule has 0 spiro atoms. The van der Waals surface area contributed by atoms with Crippen LogP contribution in [-0.4, -0.2) is 10.1 Å². The normalized spacial score (nSPS) is 10.8. The second-order valence-electron chi connectivity index (χ2n) is 1.97. The largest absolute Gasteiger partial charge is 0.504 e. The summed E-state index contributed by atoms with van der Waals surface area (Å²) in [6.45, 7) is 0. The monoisotopic (exact) mass is 305 g/mol. The molecule has 0 unspecified atom stereocenters. The fourth-order valence-electron chi connectivity index (χ4n) is 0.661. The molecule has 1 aromatic rings. The van der Waals surface area contributed by atoms with Crippen molar-refractivity contribution in [1.29, 1.82) is 0 Å². The molecule has 0 aliphatic rings. The molecule has 0 radical (unpaired) electrons. The van der Waals surface area contributed by atoms with Gasteiger partial charge < -0.3 is 5.11 Å². The molecule has 0 saturated heterocycles. The van der Waals surface area contributed by atoms with Gasteiger partial charge in [-0.2, -0.15) is 0 Å². The summed E-state index contributed by atoms with van der Waals surface area (Å²) < 4.78 is 24.6. The summed E-state index contributed by atoms with van der Waals surface area (Å²) in [5, 5.41) is 8.72. The van der Waals surface area contributed by atoms with Gasteiger partial charge in [-0.3, -0.25) is 0 Å². The van der Waals surface area contributed by atoms with E-state index in [9.17, 15) is 8.78 Å². The Morgan fingerprint density at radius 1 is 1.58 bits per heavy atom. The van der Waals surface area contributed by atoms with E-state index in [0.29, 0.717) is 3.70 Å². The average molecular weight is 305 g/mol. The van der Waals surface area contributed by atoms with E-state index < -0.39 is 17.7 Å². The Bertz CT molecular complexity index is 308. The Morgan fingerprint density at radius 3 is 2.67 bits per heavy atom. The molecule has 0 aromatic carbocycles. The van der Waals surface area contributed by atoms with Crippen molar-refractivity contribution in [3.05, 3.63) is 20.5 Å². The Balaban J connectivity index is 3.28. The van der Waals surface area contributed by atoms with Crippen molar-refractivity contribution in [2.24, 2.45) is 0 Å². The summed E-state index contributed by atoms with van der Waals surface area (Å²) in [5.74, 6) is -0.646. The molecule has 1 heterocycles. The number of hydrogen-bond donors (Lipinski definition) is 1. The summed E-state index contributed by atoms with van der Waals surface area (Å²) in [5.41, 5.74) is -0.487. The Kier molecular flexibility index (Phi) is 3.05. The van der Waals surface area contributed by atoms with Crippen LogP contribution in [0.5, 0.6) is 5.75 Å². The maximum atomic E-state index is 12.1. The van der Waals surface area contributed by atoms with Crippen molar-refractivity contribution in [1.82, 2.24) is 4.98 Å². The van der Waals surface area contributed by atoms with Crippen LogP contribution in [-0.2, 0) is 0 Å². The molecule has 0 aliphatic heterocycles. The summed E-state index contributed by atoms with van der Waals surface area (Å²) in [6, 6.07) is 1.09. The third-order valence-electron chi connectivity index (χ3n) is 1.18. The number of aromatic nitrogens is 1. The molecule has 0 atom stereocenters.